The van der Waals surface area contributed by atoms with E-state index < -0.39 is 10.0 Å². The molecule has 27 heavy (non-hydrogen) atoms. The molecule has 0 aliphatic rings. The monoisotopic (exact) mass is 388 g/mol. The topological polar surface area (TPSA) is 66.5 Å². The minimum absolute atomic E-state index is 0.0294. The Morgan fingerprint density at radius 3 is 2.26 bits per heavy atom. The van der Waals surface area contributed by atoms with E-state index in [0.717, 1.165) is 12.0 Å². The molecule has 6 heteroatoms. The van der Waals surface area contributed by atoms with Crippen LogP contribution in [0.15, 0.2) is 54.6 Å². The fourth-order valence-electron chi connectivity index (χ4n) is 2.95. The molecule has 1 N–H and O–H groups in total. The van der Waals surface area contributed by atoms with Gasteiger partial charge in [-0.2, -0.15) is 0 Å². The van der Waals surface area contributed by atoms with Crippen molar-refractivity contribution in [1.29, 1.82) is 0 Å². The van der Waals surface area contributed by atoms with E-state index in [1.807, 2.05) is 44.2 Å². The van der Waals surface area contributed by atoms with Crippen LogP contribution in [0.1, 0.15) is 43.4 Å². The van der Waals surface area contributed by atoms with Gasteiger partial charge in [-0.1, -0.05) is 55.0 Å². The first kappa shape index (κ1) is 21.0. The van der Waals surface area contributed by atoms with Gasteiger partial charge in [0.2, 0.25) is 15.9 Å². The number of carbonyl (C=O) groups excluding carboxylic acids is 1. The van der Waals surface area contributed by atoms with Gasteiger partial charge in [-0.3, -0.25) is 9.10 Å². The van der Waals surface area contributed by atoms with Gasteiger partial charge in [0.15, 0.2) is 0 Å². The number of nitrogens with zero attached hydrogens (tertiary/aromatic N) is 1. The molecule has 1 amide bonds. The van der Waals surface area contributed by atoms with Crippen molar-refractivity contribution in [2.75, 3.05) is 17.1 Å². The van der Waals surface area contributed by atoms with Crippen molar-refractivity contribution in [3.05, 3.63) is 65.7 Å². The number of para-hydroxylation sites is 1. The summed E-state index contributed by atoms with van der Waals surface area (Å²) in [5, 5.41) is 3.05. The van der Waals surface area contributed by atoms with Crippen LogP contribution in [0.5, 0.6) is 0 Å². The van der Waals surface area contributed by atoms with Crippen molar-refractivity contribution in [1.82, 2.24) is 5.32 Å². The lowest BCUT2D eigenvalue weighted by molar-refractivity contribution is -0.121. The average molecular weight is 389 g/mol. The van der Waals surface area contributed by atoms with E-state index in [1.54, 1.807) is 24.3 Å². The van der Waals surface area contributed by atoms with Crippen molar-refractivity contribution in [3.63, 3.8) is 0 Å². The second kappa shape index (κ2) is 9.55. The van der Waals surface area contributed by atoms with E-state index in [1.165, 1.54) is 16.1 Å². The largest absolute Gasteiger partial charge is 0.349 e. The third-order valence-electron chi connectivity index (χ3n) is 4.43. The van der Waals surface area contributed by atoms with Gasteiger partial charge in [0.05, 0.1) is 18.0 Å². The molecule has 2 rings (SSSR count). The molecule has 0 saturated heterocycles. The number of rotatable bonds is 9. The Labute approximate surface area is 162 Å². The van der Waals surface area contributed by atoms with Crippen LogP contribution in [0.3, 0.4) is 0 Å². The molecular formula is C21H28N2O3S. The number of aryl methyl sites for hydroxylation is 1. The average Bonchev–Trinajstić information content (AvgIpc) is 2.64. The second-order valence-corrected chi connectivity index (χ2v) is 8.62. The van der Waals surface area contributed by atoms with Gasteiger partial charge in [-0.15, -0.1) is 0 Å². The number of carbonyl (C=O) groups is 1. The van der Waals surface area contributed by atoms with Gasteiger partial charge in [0, 0.05) is 13.0 Å². The zero-order chi connectivity index (χ0) is 19.9. The van der Waals surface area contributed by atoms with Crippen LogP contribution < -0.4 is 9.62 Å². The third-order valence-corrected chi connectivity index (χ3v) is 5.63. The quantitative estimate of drug-likeness (QED) is 0.710. The summed E-state index contributed by atoms with van der Waals surface area (Å²) in [5.74, 6) is -0.0658. The smallest absolute Gasteiger partial charge is 0.232 e. The summed E-state index contributed by atoms with van der Waals surface area (Å²) in [6.45, 7) is 4.34. The maximum absolute atomic E-state index is 12.3. The molecule has 0 aliphatic carbocycles. The second-order valence-electron chi connectivity index (χ2n) is 6.71. The van der Waals surface area contributed by atoms with Crippen molar-refractivity contribution in [2.24, 2.45) is 0 Å². The summed E-state index contributed by atoms with van der Waals surface area (Å²) in [5.41, 5.74) is 2.88. The molecule has 0 bridgehead atoms. The van der Waals surface area contributed by atoms with Crippen LogP contribution in [0.2, 0.25) is 0 Å². The fraction of sp³-hybridized carbons (Fsp3) is 0.381. The van der Waals surface area contributed by atoms with Gasteiger partial charge in [0.25, 0.3) is 0 Å². The predicted molar refractivity (Wildman–Crippen MR) is 110 cm³/mol. The summed E-state index contributed by atoms with van der Waals surface area (Å²) >= 11 is 0. The van der Waals surface area contributed by atoms with E-state index >= 15 is 0 Å². The van der Waals surface area contributed by atoms with Crippen LogP contribution >= 0.6 is 0 Å². The molecule has 0 unspecified atom stereocenters. The molecule has 2 aromatic carbocycles. The lowest BCUT2D eigenvalue weighted by atomic mass is 10.0. The standard InChI is InChI=1S/C21H28N2O3S/c1-4-20(18-14-12-17(2)13-15-18)22-21(24)11-8-16-23(27(3,25)26)19-9-6-5-7-10-19/h5-7,9-10,12-15,20H,4,8,11,16H2,1-3H3,(H,22,24)/t20-/m1/s1. The number of benzene rings is 2. The number of sulfonamides is 1. The zero-order valence-corrected chi connectivity index (χ0v) is 17.0. The molecule has 146 valence electrons. The molecule has 0 heterocycles. The SMILES string of the molecule is CC[C@@H](NC(=O)CCCN(c1ccccc1)S(C)(=O)=O)c1ccc(C)cc1. The summed E-state index contributed by atoms with van der Waals surface area (Å²) in [6.07, 6.45) is 2.72. The number of amides is 1. The normalized spacial score (nSPS) is 12.4. The van der Waals surface area contributed by atoms with Gasteiger partial charge >= 0.3 is 0 Å². The Morgan fingerprint density at radius 2 is 1.70 bits per heavy atom. The first-order valence-corrected chi connectivity index (χ1v) is 11.0. The lowest BCUT2D eigenvalue weighted by Crippen LogP contribution is -2.32. The third kappa shape index (κ3) is 6.40. The highest BCUT2D eigenvalue weighted by Crippen LogP contribution is 2.19. The Hall–Kier alpha value is -2.34. The molecule has 0 aliphatic heterocycles. The predicted octanol–water partition coefficient (Wildman–Crippen LogP) is 3.81. The molecule has 0 aromatic heterocycles. The van der Waals surface area contributed by atoms with E-state index in [4.69, 9.17) is 0 Å². The molecule has 0 radical (unpaired) electrons. The molecule has 0 fully saturated rings. The van der Waals surface area contributed by atoms with Gasteiger partial charge < -0.3 is 5.32 Å². The molecule has 1 atom stereocenters. The number of anilines is 1. The van der Waals surface area contributed by atoms with E-state index in [0.29, 0.717) is 12.1 Å². The molecule has 0 spiro atoms. The van der Waals surface area contributed by atoms with Gasteiger partial charge in [-0.25, -0.2) is 8.42 Å². The van der Waals surface area contributed by atoms with Crippen LogP contribution in [0.4, 0.5) is 5.69 Å². The van der Waals surface area contributed by atoms with Crippen LogP contribution in [-0.2, 0) is 14.8 Å². The van der Waals surface area contributed by atoms with Crippen molar-refractivity contribution in [3.8, 4) is 0 Å². The molecule has 5 nitrogen and oxygen atoms in total. The Morgan fingerprint density at radius 1 is 1.07 bits per heavy atom. The minimum atomic E-state index is -3.39. The van der Waals surface area contributed by atoms with Crippen LogP contribution in [0.25, 0.3) is 0 Å². The Bertz CT molecular complexity index is 833. The van der Waals surface area contributed by atoms with E-state index in [-0.39, 0.29) is 24.9 Å². The maximum atomic E-state index is 12.3. The maximum Gasteiger partial charge on any atom is 0.232 e. The molecule has 0 saturated carbocycles. The lowest BCUT2D eigenvalue weighted by Gasteiger charge is -2.22. The fourth-order valence-corrected chi connectivity index (χ4v) is 3.92. The summed E-state index contributed by atoms with van der Waals surface area (Å²) in [7, 11) is -3.39. The molecule has 2 aromatic rings. The van der Waals surface area contributed by atoms with Gasteiger partial charge in [0.1, 0.15) is 0 Å². The summed E-state index contributed by atoms with van der Waals surface area (Å²) in [4.78, 5) is 12.3. The highest BCUT2D eigenvalue weighted by Gasteiger charge is 2.18. The minimum Gasteiger partial charge on any atom is -0.349 e. The molecular weight excluding hydrogens is 360 g/mol. The number of nitrogens with one attached hydrogen (secondary N) is 1. The highest BCUT2D eigenvalue weighted by atomic mass is 32.2. The number of hydrogen-bond acceptors (Lipinski definition) is 3. The first-order chi connectivity index (χ1) is 12.8. The Kier molecular flexibility index (Phi) is 7.42. The van der Waals surface area contributed by atoms with Crippen LogP contribution in [0, 0.1) is 6.92 Å². The van der Waals surface area contributed by atoms with Crippen LogP contribution in [-0.4, -0.2) is 27.1 Å². The van der Waals surface area contributed by atoms with Crippen molar-refractivity contribution < 1.29 is 13.2 Å². The summed E-state index contributed by atoms with van der Waals surface area (Å²) in [6, 6.07) is 17.1. The van der Waals surface area contributed by atoms with Crippen molar-refractivity contribution in [2.45, 2.75) is 39.2 Å². The Balaban J connectivity index is 1.92. The number of hydrogen-bond donors (Lipinski definition) is 1. The zero-order valence-electron chi connectivity index (χ0n) is 16.2. The van der Waals surface area contributed by atoms with Gasteiger partial charge in [-0.05, 0) is 37.5 Å². The van der Waals surface area contributed by atoms with Crippen molar-refractivity contribution >= 4 is 21.6 Å². The van der Waals surface area contributed by atoms with E-state index in [2.05, 4.69) is 5.32 Å². The first-order valence-electron chi connectivity index (χ1n) is 9.20. The highest BCUT2D eigenvalue weighted by molar-refractivity contribution is 7.92. The summed E-state index contributed by atoms with van der Waals surface area (Å²) < 4.78 is 25.5. The van der Waals surface area contributed by atoms with E-state index in [9.17, 15) is 13.2 Å².